The minimum absolute atomic E-state index is 0.0876. The van der Waals surface area contributed by atoms with Gasteiger partial charge in [-0.25, -0.2) is 0 Å². The van der Waals surface area contributed by atoms with Gasteiger partial charge in [0.2, 0.25) is 5.91 Å². The summed E-state index contributed by atoms with van der Waals surface area (Å²) in [7, 11) is 0. The highest BCUT2D eigenvalue weighted by molar-refractivity contribution is 5.94. The van der Waals surface area contributed by atoms with Gasteiger partial charge in [-0.2, -0.15) is 0 Å². The highest BCUT2D eigenvalue weighted by Crippen LogP contribution is 2.59. The molecule has 1 aliphatic heterocycles. The molecule has 1 aromatic rings. The Kier molecular flexibility index (Phi) is 7.47. The zero-order valence-electron chi connectivity index (χ0n) is 22.8. The Morgan fingerprint density at radius 2 is 1.71 bits per heavy atom. The summed E-state index contributed by atoms with van der Waals surface area (Å²) >= 11 is 0. The number of rotatable bonds is 7. The van der Waals surface area contributed by atoms with Gasteiger partial charge in [-0.3, -0.25) is 14.5 Å². The number of amides is 2. The summed E-state index contributed by atoms with van der Waals surface area (Å²) < 4.78 is 0. The largest absolute Gasteiger partial charge is 0.337 e. The van der Waals surface area contributed by atoms with E-state index in [1.165, 1.54) is 24.0 Å². The molecule has 192 valence electrons. The number of benzene rings is 1. The van der Waals surface area contributed by atoms with Gasteiger partial charge >= 0.3 is 0 Å². The van der Waals surface area contributed by atoms with Crippen LogP contribution in [-0.4, -0.2) is 72.3 Å². The maximum atomic E-state index is 13.0. The van der Waals surface area contributed by atoms with E-state index in [2.05, 4.69) is 62.6 Å². The lowest BCUT2D eigenvalue weighted by atomic mass is 9.49. The Labute approximate surface area is 212 Å². The molecule has 0 radical (unpaired) electrons. The fourth-order valence-corrected chi connectivity index (χ4v) is 6.12. The third kappa shape index (κ3) is 5.50. The molecule has 2 unspecified atom stereocenters. The second kappa shape index (κ2) is 10.1. The SMILES string of the molecule is CCC(=O)N(CCN1CCN(C(=O)c2ccc(C(C)(C)C)cc2)CC1)CC1=CCC2CC1C2(C)C. The van der Waals surface area contributed by atoms with Crippen molar-refractivity contribution in [2.75, 3.05) is 45.8 Å². The minimum Gasteiger partial charge on any atom is -0.337 e. The van der Waals surface area contributed by atoms with Crippen molar-refractivity contribution in [2.24, 2.45) is 17.3 Å². The number of nitrogens with zero attached hydrogens (tertiary/aromatic N) is 3. The predicted molar refractivity (Wildman–Crippen MR) is 142 cm³/mol. The number of hydrogen-bond acceptors (Lipinski definition) is 3. The van der Waals surface area contributed by atoms with Crippen molar-refractivity contribution in [3.8, 4) is 0 Å². The lowest BCUT2D eigenvalue weighted by Gasteiger charge is -2.57. The fraction of sp³-hybridized carbons (Fsp3) is 0.667. The third-order valence-electron chi connectivity index (χ3n) is 8.95. The van der Waals surface area contributed by atoms with Crippen molar-refractivity contribution in [3.05, 3.63) is 47.0 Å². The van der Waals surface area contributed by atoms with Crippen molar-refractivity contribution < 1.29 is 9.59 Å². The van der Waals surface area contributed by atoms with E-state index in [0.29, 0.717) is 17.8 Å². The van der Waals surface area contributed by atoms with Gasteiger partial charge in [0.15, 0.2) is 0 Å². The van der Waals surface area contributed by atoms with Gasteiger partial charge in [0.05, 0.1) is 0 Å². The number of piperazine rings is 1. The van der Waals surface area contributed by atoms with E-state index in [4.69, 9.17) is 0 Å². The zero-order valence-corrected chi connectivity index (χ0v) is 22.8. The first kappa shape index (κ1) is 25.9. The van der Waals surface area contributed by atoms with Gasteiger partial charge in [-0.1, -0.05) is 65.3 Å². The topological polar surface area (TPSA) is 43.9 Å². The number of carbonyl (C=O) groups excluding carboxylic acids is 2. The predicted octanol–water partition coefficient (Wildman–Crippen LogP) is 4.97. The first-order valence-electron chi connectivity index (χ1n) is 13.6. The first-order valence-corrected chi connectivity index (χ1v) is 13.6. The molecule has 1 saturated heterocycles. The third-order valence-corrected chi connectivity index (χ3v) is 8.95. The van der Waals surface area contributed by atoms with Crippen molar-refractivity contribution in [1.29, 1.82) is 0 Å². The highest BCUT2D eigenvalue weighted by atomic mass is 16.2. The van der Waals surface area contributed by atoms with Gasteiger partial charge in [0, 0.05) is 57.8 Å². The standard InChI is InChI=1S/C30H45N3O2/c1-7-27(34)33(21-23-10-13-25-20-26(23)30(25,5)6)19-16-31-14-17-32(18-15-31)28(35)22-8-11-24(12-9-22)29(2,3)4/h8-12,25-26H,7,13-21H2,1-6H3. The summed E-state index contributed by atoms with van der Waals surface area (Å²) in [4.78, 5) is 32.2. The molecule has 1 saturated carbocycles. The van der Waals surface area contributed by atoms with Crippen LogP contribution in [0.15, 0.2) is 35.9 Å². The molecular weight excluding hydrogens is 434 g/mol. The van der Waals surface area contributed by atoms with Crippen LogP contribution < -0.4 is 0 Å². The molecule has 2 atom stereocenters. The number of fused-ring (bicyclic) bond motifs is 1. The van der Waals surface area contributed by atoms with E-state index in [9.17, 15) is 9.59 Å². The van der Waals surface area contributed by atoms with Gasteiger partial charge in [-0.05, 0) is 53.2 Å². The van der Waals surface area contributed by atoms with Gasteiger partial charge in [0.25, 0.3) is 5.91 Å². The normalized spacial score (nSPS) is 23.9. The summed E-state index contributed by atoms with van der Waals surface area (Å²) in [5.41, 5.74) is 3.97. The zero-order chi connectivity index (χ0) is 25.4. The molecule has 35 heavy (non-hydrogen) atoms. The van der Waals surface area contributed by atoms with E-state index < -0.39 is 0 Å². The van der Waals surface area contributed by atoms with Crippen molar-refractivity contribution in [1.82, 2.24) is 14.7 Å². The van der Waals surface area contributed by atoms with Crippen LogP contribution in [0.5, 0.6) is 0 Å². The van der Waals surface area contributed by atoms with Crippen molar-refractivity contribution in [3.63, 3.8) is 0 Å². The van der Waals surface area contributed by atoms with E-state index in [0.717, 1.165) is 57.3 Å². The lowest BCUT2D eigenvalue weighted by molar-refractivity contribution is -0.131. The van der Waals surface area contributed by atoms with Crippen molar-refractivity contribution in [2.45, 2.75) is 66.2 Å². The smallest absolute Gasteiger partial charge is 0.253 e. The molecule has 0 N–H and O–H groups in total. The second-order valence-electron chi connectivity index (χ2n) is 12.5. The summed E-state index contributed by atoms with van der Waals surface area (Å²) in [6, 6.07) is 8.09. The van der Waals surface area contributed by atoms with Crippen LogP contribution in [0.2, 0.25) is 0 Å². The molecule has 5 nitrogen and oxygen atoms in total. The summed E-state index contributed by atoms with van der Waals surface area (Å²) in [5.74, 6) is 1.83. The molecule has 4 aliphatic rings. The Morgan fingerprint density at radius 3 is 2.26 bits per heavy atom. The summed E-state index contributed by atoms with van der Waals surface area (Å²) in [6.07, 6.45) is 5.43. The van der Waals surface area contributed by atoms with Crippen LogP contribution in [0.3, 0.4) is 0 Å². The maximum Gasteiger partial charge on any atom is 0.253 e. The average Bonchev–Trinajstić information content (AvgIpc) is 2.85. The Balaban J connectivity index is 1.28. The summed E-state index contributed by atoms with van der Waals surface area (Å²) in [5, 5.41) is 0. The molecule has 2 fully saturated rings. The fourth-order valence-electron chi connectivity index (χ4n) is 6.12. The number of allylic oxidation sites excluding steroid dienone is 1. The molecule has 1 heterocycles. The van der Waals surface area contributed by atoms with Crippen LogP contribution in [0.4, 0.5) is 0 Å². The van der Waals surface area contributed by atoms with E-state index in [1.54, 1.807) is 0 Å². The molecule has 2 bridgehead atoms. The quantitative estimate of drug-likeness (QED) is 0.519. The molecular formula is C30H45N3O2. The van der Waals surface area contributed by atoms with E-state index in [-0.39, 0.29) is 17.2 Å². The molecule has 0 spiro atoms. The molecule has 5 rings (SSSR count). The monoisotopic (exact) mass is 479 g/mol. The Bertz CT molecular complexity index is 949. The van der Waals surface area contributed by atoms with Gasteiger partial charge in [-0.15, -0.1) is 0 Å². The number of carbonyl (C=O) groups is 2. The van der Waals surface area contributed by atoms with Gasteiger partial charge < -0.3 is 9.80 Å². The molecule has 2 amide bonds. The molecule has 0 aromatic heterocycles. The van der Waals surface area contributed by atoms with Gasteiger partial charge in [0.1, 0.15) is 0 Å². The number of hydrogen-bond donors (Lipinski definition) is 0. The maximum absolute atomic E-state index is 13.0. The van der Waals surface area contributed by atoms with Crippen molar-refractivity contribution >= 4 is 11.8 Å². The van der Waals surface area contributed by atoms with E-state index in [1.807, 2.05) is 24.0 Å². The van der Waals surface area contributed by atoms with Crippen LogP contribution >= 0.6 is 0 Å². The summed E-state index contributed by atoms with van der Waals surface area (Å²) in [6.45, 7) is 18.9. The van der Waals surface area contributed by atoms with Crippen LogP contribution in [0.25, 0.3) is 0 Å². The molecule has 5 heteroatoms. The van der Waals surface area contributed by atoms with Crippen LogP contribution in [0, 0.1) is 17.3 Å². The Morgan fingerprint density at radius 1 is 1.06 bits per heavy atom. The Hall–Kier alpha value is -2.14. The average molecular weight is 480 g/mol. The van der Waals surface area contributed by atoms with E-state index >= 15 is 0 Å². The second-order valence-corrected chi connectivity index (χ2v) is 12.5. The lowest BCUT2D eigenvalue weighted by Crippen LogP contribution is -2.52. The first-order chi connectivity index (χ1) is 16.5. The molecule has 1 aromatic carbocycles. The highest BCUT2D eigenvalue weighted by Gasteiger charge is 2.51. The molecule has 3 aliphatic carbocycles. The van der Waals surface area contributed by atoms with Crippen LogP contribution in [-0.2, 0) is 10.2 Å². The van der Waals surface area contributed by atoms with Crippen LogP contribution in [0.1, 0.15) is 76.7 Å². The minimum atomic E-state index is 0.0876.